The van der Waals surface area contributed by atoms with Crippen LogP contribution in [0.1, 0.15) is 43.5 Å². The fraction of sp³-hybridized carbons (Fsp3) is 0.478. The van der Waals surface area contributed by atoms with E-state index in [2.05, 4.69) is 30.8 Å². The number of piperidine rings is 1. The topological polar surface area (TPSA) is 61.4 Å². The normalized spacial score (nSPS) is 27.9. The number of hydrogen-bond acceptors (Lipinski definition) is 4. The van der Waals surface area contributed by atoms with Crippen molar-refractivity contribution in [2.45, 2.75) is 45.2 Å². The van der Waals surface area contributed by atoms with Crippen LogP contribution in [0.3, 0.4) is 0 Å². The number of carbonyl (C=O) groups is 2. The third-order valence-corrected chi connectivity index (χ3v) is 6.43. The first-order valence-corrected chi connectivity index (χ1v) is 10.4. The number of carbonyl (C=O) groups excluding carboxylic acids is 2. The van der Waals surface area contributed by atoms with Gasteiger partial charge in [-0.1, -0.05) is 50.2 Å². The van der Waals surface area contributed by atoms with E-state index < -0.39 is 0 Å². The van der Waals surface area contributed by atoms with Crippen LogP contribution in [0.15, 0.2) is 42.5 Å². The van der Waals surface area contributed by atoms with E-state index in [1.54, 1.807) is 0 Å². The first kappa shape index (κ1) is 19.1. The van der Waals surface area contributed by atoms with E-state index in [4.69, 9.17) is 0 Å². The molecule has 2 N–H and O–H groups in total. The lowest BCUT2D eigenvalue weighted by atomic mass is 9.88. The molecule has 0 spiro atoms. The van der Waals surface area contributed by atoms with Crippen LogP contribution in [0.4, 0.5) is 0 Å². The van der Waals surface area contributed by atoms with Crippen molar-refractivity contribution in [1.29, 1.82) is 0 Å². The first-order chi connectivity index (χ1) is 13.6. The van der Waals surface area contributed by atoms with Crippen molar-refractivity contribution in [1.82, 2.24) is 15.8 Å². The Hall–Kier alpha value is -2.24. The molecule has 2 aromatic carbocycles. The predicted molar refractivity (Wildman–Crippen MR) is 111 cm³/mol. The summed E-state index contributed by atoms with van der Waals surface area (Å²) in [6, 6.07) is 14.1. The molecular formula is C23H29N3O2. The monoisotopic (exact) mass is 379 g/mol. The Morgan fingerprint density at radius 2 is 1.89 bits per heavy atom. The summed E-state index contributed by atoms with van der Waals surface area (Å²) in [5.74, 6) is 0.395. The lowest BCUT2D eigenvalue weighted by Crippen LogP contribution is -2.51. The minimum Gasteiger partial charge on any atom is -0.341 e. The van der Waals surface area contributed by atoms with Gasteiger partial charge in [0.25, 0.3) is 0 Å². The summed E-state index contributed by atoms with van der Waals surface area (Å²) in [5.41, 5.74) is 7.16. The zero-order chi connectivity index (χ0) is 19.7. The smallest absolute Gasteiger partial charge is 0.241 e. The van der Waals surface area contributed by atoms with Crippen LogP contribution in [0.5, 0.6) is 0 Å². The van der Waals surface area contributed by atoms with E-state index >= 15 is 0 Å². The second-order valence-electron chi connectivity index (χ2n) is 8.19. The van der Waals surface area contributed by atoms with E-state index in [1.807, 2.05) is 41.3 Å². The summed E-state index contributed by atoms with van der Waals surface area (Å²) in [6.45, 7) is 5.50. The number of rotatable bonds is 4. The Morgan fingerprint density at radius 1 is 1.11 bits per heavy atom. The highest BCUT2D eigenvalue weighted by Crippen LogP contribution is 2.26. The lowest BCUT2D eigenvalue weighted by Gasteiger charge is -2.34. The van der Waals surface area contributed by atoms with Crippen molar-refractivity contribution in [3.8, 4) is 0 Å². The molecule has 4 rings (SSSR count). The predicted octanol–water partition coefficient (Wildman–Crippen LogP) is 3.15. The SMILES string of the molecule is CCC1NNC(C(=O)N2CCCC(C(=O)c3ccc4ccccc4c3)C2)C1C. The van der Waals surface area contributed by atoms with Crippen molar-refractivity contribution in [3.63, 3.8) is 0 Å². The molecule has 2 saturated heterocycles. The quantitative estimate of drug-likeness (QED) is 0.801. The highest BCUT2D eigenvalue weighted by Gasteiger charge is 2.39. The summed E-state index contributed by atoms with van der Waals surface area (Å²) in [5, 5.41) is 2.22. The molecule has 2 aromatic rings. The number of Topliss-reactive ketones (excluding diaryl/α,β-unsaturated/α-hetero) is 1. The summed E-state index contributed by atoms with van der Waals surface area (Å²) in [7, 11) is 0. The molecule has 5 heteroatoms. The molecular weight excluding hydrogens is 350 g/mol. The maximum Gasteiger partial charge on any atom is 0.241 e. The van der Waals surface area contributed by atoms with Crippen LogP contribution in [0.25, 0.3) is 10.8 Å². The number of amides is 1. The fourth-order valence-electron chi connectivity index (χ4n) is 4.62. The highest BCUT2D eigenvalue weighted by molar-refractivity contribution is 6.01. The number of fused-ring (bicyclic) bond motifs is 1. The number of hydrazine groups is 1. The Balaban J connectivity index is 1.47. The molecule has 28 heavy (non-hydrogen) atoms. The standard InChI is InChI=1S/C23H29N3O2/c1-3-20-15(2)21(25-24-20)23(28)26-12-6-9-19(14-26)22(27)18-11-10-16-7-4-5-8-17(16)13-18/h4-5,7-8,10-11,13,15,19-21,24-25H,3,6,9,12,14H2,1-2H3. The first-order valence-electron chi connectivity index (χ1n) is 10.4. The Labute approximate surface area is 166 Å². The number of nitrogens with zero attached hydrogens (tertiary/aromatic N) is 1. The number of ketones is 1. The van der Waals surface area contributed by atoms with Gasteiger partial charge in [-0.25, -0.2) is 5.43 Å². The van der Waals surface area contributed by atoms with Crippen LogP contribution in [0, 0.1) is 11.8 Å². The molecule has 1 amide bonds. The van der Waals surface area contributed by atoms with Crippen LogP contribution in [-0.2, 0) is 4.79 Å². The van der Waals surface area contributed by atoms with Gasteiger partial charge < -0.3 is 4.90 Å². The van der Waals surface area contributed by atoms with Gasteiger partial charge in [-0.15, -0.1) is 0 Å². The van der Waals surface area contributed by atoms with E-state index in [0.29, 0.717) is 12.6 Å². The lowest BCUT2D eigenvalue weighted by molar-refractivity contribution is -0.135. The number of nitrogens with one attached hydrogen (secondary N) is 2. The molecule has 0 aromatic heterocycles. The molecule has 2 aliphatic rings. The average molecular weight is 380 g/mol. The molecule has 148 valence electrons. The summed E-state index contributed by atoms with van der Waals surface area (Å²) >= 11 is 0. The Morgan fingerprint density at radius 3 is 2.64 bits per heavy atom. The zero-order valence-corrected chi connectivity index (χ0v) is 16.7. The van der Waals surface area contributed by atoms with Crippen LogP contribution < -0.4 is 10.9 Å². The fourth-order valence-corrected chi connectivity index (χ4v) is 4.62. The minimum atomic E-state index is -0.209. The number of likely N-dealkylation sites (tertiary alicyclic amines) is 1. The molecule has 4 atom stereocenters. The van der Waals surface area contributed by atoms with Gasteiger partial charge in [0.1, 0.15) is 6.04 Å². The van der Waals surface area contributed by atoms with Crippen molar-refractivity contribution >= 4 is 22.5 Å². The molecule has 0 aliphatic carbocycles. The average Bonchev–Trinajstić information content (AvgIpc) is 3.12. The zero-order valence-electron chi connectivity index (χ0n) is 16.7. The van der Waals surface area contributed by atoms with Gasteiger partial charge in [0.05, 0.1) is 0 Å². The molecule has 2 fully saturated rings. The van der Waals surface area contributed by atoms with Crippen molar-refractivity contribution in [2.75, 3.05) is 13.1 Å². The number of benzene rings is 2. The second-order valence-corrected chi connectivity index (χ2v) is 8.19. The summed E-state index contributed by atoms with van der Waals surface area (Å²) < 4.78 is 0. The van der Waals surface area contributed by atoms with Crippen LogP contribution >= 0.6 is 0 Å². The molecule has 0 bridgehead atoms. The van der Waals surface area contributed by atoms with Crippen LogP contribution in [-0.4, -0.2) is 41.8 Å². The van der Waals surface area contributed by atoms with E-state index in [-0.39, 0.29) is 29.6 Å². The van der Waals surface area contributed by atoms with E-state index in [9.17, 15) is 9.59 Å². The Bertz CT molecular complexity index is 881. The van der Waals surface area contributed by atoms with Crippen molar-refractivity contribution in [3.05, 3.63) is 48.0 Å². The maximum absolute atomic E-state index is 13.1. The molecule has 2 heterocycles. The van der Waals surface area contributed by atoms with Gasteiger partial charge in [-0.3, -0.25) is 15.0 Å². The third-order valence-electron chi connectivity index (χ3n) is 6.43. The molecule has 4 unspecified atom stereocenters. The number of hydrogen-bond donors (Lipinski definition) is 2. The van der Waals surface area contributed by atoms with Crippen molar-refractivity contribution in [2.24, 2.45) is 11.8 Å². The third kappa shape index (κ3) is 3.56. The van der Waals surface area contributed by atoms with Gasteiger partial charge in [-0.05, 0) is 42.0 Å². The van der Waals surface area contributed by atoms with Crippen LogP contribution in [0.2, 0.25) is 0 Å². The summed E-state index contributed by atoms with van der Waals surface area (Å²) in [4.78, 5) is 28.1. The van der Waals surface area contributed by atoms with Gasteiger partial charge >= 0.3 is 0 Å². The van der Waals surface area contributed by atoms with E-state index in [1.165, 1.54) is 0 Å². The minimum absolute atomic E-state index is 0.118. The Kier molecular flexibility index (Phi) is 5.47. The molecule has 2 aliphatic heterocycles. The summed E-state index contributed by atoms with van der Waals surface area (Å²) in [6.07, 6.45) is 2.71. The molecule has 0 radical (unpaired) electrons. The second kappa shape index (κ2) is 8.02. The highest BCUT2D eigenvalue weighted by atomic mass is 16.2. The van der Waals surface area contributed by atoms with Gasteiger partial charge in [0.2, 0.25) is 5.91 Å². The maximum atomic E-state index is 13.1. The van der Waals surface area contributed by atoms with E-state index in [0.717, 1.165) is 42.1 Å². The van der Waals surface area contributed by atoms with Gasteiger partial charge in [0.15, 0.2) is 5.78 Å². The van der Waals surface area contributed by atoms with Gasteiger partial charge in [0, 0.05) is 30.6 Å². The molecule has 0 saturated carbocycles. The van der Waals surface area contributed by atoms with Gasteiger partial charge in [-0.2, -0.15) is 0 Å². The molecule has 5 nitrogen and oxygen atoms in total. The van der Waals surface area contributed by atoms with Crippen molar-refractivity contribution < 1.29 is 9.59 Å². The largest absolute Gasteiger partial charge is 0.341 e.